The standard InChI is InChI=1S/C8H16N2O/c1-6(4-9)5-10-8(11)7-2-3-7/h6-7H,2-5,9H2,1H3,(H,10,11). The van der Waals surface area contributed by atoms with E-state index in [2.05, 4.69) is 5.32 Å². The Bertz CT molecular complexity index is 143. The summed E-state index contributed by atoms with van der Waals surface area (Å²) in [5.74, 6) is 0.933. The lowest BCUT2D eigenvalue weighted by atomic mass is 10.2. The maximum atomic E-state index is 11.1. The molecule has 0 saturated heterocycles. The number of rotatable bonds is 4. The van der Waals surface area contributed by atoms with Crippen molar-refractivity contribution in [2.75, 3.05) is 13.1 Å². The van der Waals surface area contributed by atoms with Gasteiger partial charge in [0.2, 0.25) is 5.91 Å². The molecule has 3 N–H and O–H groups in total. The molecule has 0 heterocycles. The first kappa shape index (κ1) is 8.53. The molecule has 0 aromatic carbocycles. The molecule has 0 aromatic heterocycles. The maximum absolute atomic E-state index is 11.1. The molecule has 1 fully saturated rings. The summed E-state index contributed by atoms with van der Waals surface area (Å²) in [5.41, 5.74) is 5.40. The SMILES string of the molecule is CC(CN)CNC(=O)C1CC1. The summed E-state index contributed by atoms with van der Waals surface area (Å²) in [6.45, 7) is 3.41. The van der Waals surface area contributed by atoms with Crippen molar-refractivity contribution in [1.29, 1.82) is 0 Å². The molecule has 3 nitrogen and oxygen atoms in total. The number of carbonyl (C=O) groups excluding carboxylic acids is 1. The van der Waals surface area contributed by atoms with Crippen LogP contribution in [0.1, 0.15) is 19.8 Å². The maximum Gasteiger partial charge on any atom is 0.223 e. The van der Waals surface area contributed by atoms with E-state index in [1.54, 1.807) is 0 Å². The van der Waals surface area contributed by atoms with Gasteiger partial charge < -0.3 is 11.1 Å². The van der Waals surface area contributed by atoms with Crippen molar-refractivity contribution in [2.45, 2.75) is 19.8 Å². The van der Waals surface area contributed by atoms with Crippen LogP contribution in [0.25, 0.3) is 0 Å². The molecule has 1 aliphatic rings. The van der Waals surface area contributed by atoms with Crippen molar-refractivity contribution in [3.63, 3.8) is 0 Å². The third-order valence-electron chi connectivity index (χ3n) is 1.98. The van der Waals surface area contributed by atoms with Gasteiger partial charge in [0, 0.05) is 12.5 Å². The van der Waals surface area contributed by atoms with E-state index in [9.17, 15) is 4.79 Å². The van der Waals surface area contributed by atoms with Crippen LogP contribution in [0.15, 0.2) is 0 Å². The average molecular weight is 156 g/mol. The first-order chi connectivity index (χ1) is 5.24. The van der Waals surface area contributed by atoms with Gasteiger partial charge in [-0.1, -0.05) is 6.92 Å². The highest BCUT2D eigenvalue weighted by atomic mass is 16.2. The molecule has 1 aliphatic carbocycles. The Morgan fingerprint density at radius 2 is 2.36 bits per heavy atom. The first-order valence-electron chi connectivity index (χ1n) is 4.21. The van der Waals surface area contributed by atoms with Crippen LogP contribution in [-0.2, 0) is 4.79 Å². The molecule has 1 unspecified atom stereocenters. The lowest BCUT2D eigenvalue weighted by Gasteiger charge is -2.08. The van der Waals surface area contributed by atoms with Gasteiger partial charge in [-0.3, -0.25) is 4.79 Å². The Labute approximate surface area is 67.3 Å². The summed E-state index contributed by atoms with van der Waals surface area (Å²) < 4.78 is 0. The Morgan fingerprint density at radius 1 is 1.73 bits per heavy atom. The van der Waals surface area contributed by atoms with Crippen LogP contribution in [0.4, 0.5) is 0 Å². The molecule has 1 rings (SSSR count). The zero-order valence-corrected chi connectivity index (χ0v) is 6.97. The quantitative estimate of drug-likeness (QED) is 0.607. The first-order valence-corrected chi connectivity index (χ1v) is 4.21. The smallest absolute Gasteiger partial charge is 0.223 e. The van der Waals surface area contributed by atoms with Crippen LogP contribution >= 0.6 is 0 Å². The number of hydrogen-bond acceptors (Lipinski definition) is 2. The number of nitrogens with one attached hydrogen (secondary N) is 1. The van der Waals surface area contributed by atoms with Crippen molar-refractivity contribution in [3.05, 3.63) is 0 Å². The number of amides is 1. The second-order valence-corrected chi connectivity index (χ2v) is 3.36. The lowest BCUT2D eigenvalue weighted by molar-refractivity contribution is -0.122. The molecule has 0 bridgehead atoms. The minimum absolute atomic E-state index is 0.213. The van der Waals surface area contributed by atoms with Crippen LogP contribution in [0, 0.1) is 11.8 Å². The summed E-state index contributed by atoms with van der Waals surface area (Å²) in [4.78, 5) is 11.1. The minimum Gasteiger partial charge on any atom is -0.356 e. The van der Waals surface area contributed by atoms with Crippen molar-refractivity contribution in [3.8, 4) is 0 Å². The summed E-state index contributed by atoms with van der Waals surface area (Å²) in [6.07, 6.45) is 2.14. The predicted octanol–water partition coefficient (Wildman–Crippen LogP) is 0.107. The molecular formula is C8H16N2O. The summed E-state index contributed by atoms with van der Waals surface area (Å²) in [6, 6.07) is 0. The molecule has 0 radical (unpaired) electrons. The third kappa shape index (κ3) is 2.89. The lowest BCUT2D eigenvalue weighted by Crippen LogP contribution is -2.32. The molecule has 1 saturated carbocycles. The van der Waals surface area contributed by atoms with Gasteiger partial charge in [0.25, 0.3) is 0 Å². The van der Waals surface area contributed by atoms with E-state index >= 15 is 0 Å². The highest BCUT2D eigenvalue weighted by Crippen LogP contribution is 2.28. The topological polar surface area (TPSA) is 55.1 Å². The molecule has 0 aliphatic heterocycles. The van der Waals surface area contributed by atoms with E-state index in [-0.39, 0.29) is 5.91 Å². The van der Waals surface area contributed by atoms with E-state index in [0.717, 1.165) is 19.4 Å². The third-order valence-corrected chi connectivity index (χ3v) is 1.98. The molecule has 64 valence electrons. The van der Waals surface area contributed by atoms with E-state index in [0.29, 0.717) is 18.4 Å². The number of hydrogen-bond donors (Lipinski definition) is 2. The van der Waals surface area contributed by atoms with Crippen LogP contribution in [0.5, 0.6) is 0 Å². The molecule has 0 spiro atoms. The molecule has 1 atom stereocenters. The van der Waals surface area contributed by atoms with Crippen LogP contribution in [0.3, 0.4) is 0 Å². The van der Waals surface area contributed by atoms with Gasteiger partial charge in [-0.15, -0.1) is 0 Å². The Morgan fingerprint density at radius 3 is 2.82 bits per heavy atom. The number of nitrogens with two attached hydrogens (primary N) is 1. The summed E-state index contributed by atoms with van der Waals surface area (Å²) >= 11 is 0. The minimum atomic E-state index is 0.213. The van der Waals surface area contributed by atoms with E-state index in [1.807, 2.05) is 6.92 Å². The monoisotopic (exact) mass is 156 g/mol. The van der Waals surface area contributed by atoms with E-state index in [4.69, 9.17) is 5.73 Å². The molecular weight excluding hydrogens is 140 g/mol. The molecule has 0 aromatic rings. The fourth-order valence-corrected chi connectivity index (χ4v) is 0.848. The van der Waals surface area contributed by atoms with Crippen LogP contribution < -0.4 is 11.1 Å². The van der Waals surface area contributed by atoms with E-state index in [1.165, 1.54) is 0 Å². The fraction of sp³-hybridized carbons (Fsp3) is 0.875. The molecule has 11 heavy (non-hydrogen) atoms. The largest absolute Gasteiger partial charge is 0.356 e. The summed E-state index contributed by atoms with van der Waals surface area (Å²) in [5, 5.41) is 2.88. The second kappa shape index (κ2) is 3.72. The zero-order chi connectivity index (χ0) is 8.27. The van der Waals surface area contributed by atoms with Crippen molar-refractivity contribution < 1.29 is 4.79 Å². The van der Waals surface area contributed by atoms with Gasteiger partial charge >= 0.3 is 0 Å². The Kier molecular flexibility index (Phi) is 2.88. The summed E-state index contributed by atoms with van der Waals surface area (Å²) in [7, 11) is 0. The van der Waals surface area contributed by atoms with Gasteiger partial charge in [-0.2, -0.15) is 0 Å². The van der Waals surface area contributed by atoms with Gasteiger partial charge in [0.05, 0.1) is 0 Å². The highest BCUT2D eigenvalue weighted by molar-refractivity contribution is 5.80. The van der Waals surface area contributed by atoms with Gasteiger partial charge in [-0.05, 0) is 25.3 Å². The van der Waals surface area contributed by atoms with E-state index < -0.39 is 0 Å². The second-order valence-electron chi connectivity index (χ2n) is 3.36. The van der Waals surface area contributed by atoms with Gasteiger partial charge in [0.1, 0.15) is 0 Å². The molecule has 3 heteroatoms. The van der Waals surface area contributed by atoms with Gasteiger partial charge in [-0.25, -0.2) is 0 Å². The normalized spacial score (nSPS) is 19.5. The van der Waals surface area contributed by atoms with Crippen LogP contribution in [0.2, 0.25) is 0 Å². The van der Waals surface area contributed by atoms with Crippen molar-refractivity contribution in [1.82, 2.24) is 5.32 Å². The zero-order valence-electron chi connectivity index (χ0n) is 6.97. The van der Waals surface area contributed by atoms with Crippen molar-refractivity contribution >= 4 is 5.91 Å². The van der Waals surface area contributed by atoms with Gasteiger partial charge in [0.15, 0.2) is 0 Å². The van der Waals surface area contributed by atoms with Crippen molar-refractivity contribution in [2.24, 2.45) is 17.6 Å². The van der Waals surface area contributed by atoms with Crippen LogP contribution in [-0.4, -0.2) is 19.0 Å². The Hall–Kier alpha value is -0.570. The highest BCUT2D eigenvalue weighted by Gasteiger charge is 2.29. The predicted molar refractivity (Wildman–Crippen MR) is 44.0 cm³/mol. The fourth-order valence-electron chi connectivity index (χ4n) is 0.848. The average Bonchev–Trinajstić information content (AvgIpc) is 2.81. The number of carbonyl (C=O) groups is 1. The Balaban J connectivity index is 2.05. The molecule has 1 amide bonds.